The molecule has 3 N–H and O–H groups in total. The number of hydrogen-bond donors (Lipinski definition) is 2. The molecule has 2 saturated carbocycles. The molecule has 0 amide bonds. The summed E-state index contributed by atoms with van der Waals surface area (Å²) in [6.45, 7) is 3.41. The molecule has 1 atom stereocenters. The molecule has 2 aliphatic rings. The summed E-state index contributed by atoms with van der Waals surface area (Å²) in [5.74, 6) is 1.88. The first-order valence-electron chi connectivity index (χ1n) is 10.4. The van der Waals surface area contributed by atoms with Crippen molar-refractivity contribution in [2.75, 3.05) is 0 Å². The molecule has 0 aliphatic heterocycles. The first kappa shape index (κ1) is 19.4. The van der Waals surface area contributed by atoms with Crippen LogP contribution in [0.2, 0.25) is 0 Å². The van der Waals surface area contributed by atoms with Crippen molar-refractivity contribution in [1.82, 2.24) is 5.48 Å². The fourth-order valence-electron chi connectivity index (χ4n) is 4.78. The topological polar surface area (TPSA) is 64.3 Å². The summed E-state index contributed by atoms with van der Waals surface area (Å²) < 4.78 is 0. The minimum atomic E-state index is -0.0324. The van der Waals surface area contributed by atoms with Gasteiger partial charge in [0.1, 0.15) is 0 Å². The van der Waals surface area contributed by atoms with Crippen molar-refractivity contribution >= 4 is 5.97 Å². The summed E-state index contributed by atoms with van der Waals surface area (Å²) in [7, 11) is 0. The normalized spacial score (nSPS) is 25.2. The Hall–Kier alpha value is -1.39. The maximum atomic E-state index is 12.9. The fraction of sp³-hybridized carbons (Fsp3) is 0.682. The summed E-state index contributed by atoms with van der Waals surface area (Å²) in [5, 5.41) is 0. The molecular weight excluding hydrogens is 324 g/mol. The molecule has 1 aromatic rings. The lowest BCUT2D eigenvalue weighted by molar-refractivity contribution is -0.162. The Morgan fingerprint density at radius 3 is 2.23 bits per heavy atom. The Labute approximate surface area is 157 Å². The molecule has 3 rings (SSSR count). The van der Waals surface area contributed by atoms with E-state index in [0.717, 1.165) is 17.0 Å². The maximum Gasteiger partial charge on any atom is 0.328 e. The lowest BCUT2D eigenvalue weighted by atomic mass is 9.71. The molecule has 0 heterocycles. The lowest BCUT2D eigenvalue weighted by Crippen LogP contribution is -2.36. The van der Waals surface area contributed by atoms with Crippen LogP contribution in [0.25, 0.3) is 0 Å². The Balaban J connectivity index is 1.54. The van der Waals surface area contributed by atoms with E-state index in [1.807, 2.05) is 24.3 Å². The van der Waals surface area contributed by atoms with Crippen LogP contribution in [0.15, 0.2) is 24.3 Å². The highest BCUT2D eigenvalue weighted by molar-refractivity contribution is 5.73. The zero-order valence-corrected chi connectivity index (χ0v) is 16.1. The molecule has 0 radical (unpaired) electrons. The Bertz CT molecular complexity index is 558. The van der Waals surface area contributed by atoms with Gasteiger partial charge in [-0.05, 0) is 54.6 Å². The van der Waals surface area contributed by atoms with Gasteiger partial charge in [-0.3, -0.25) is 4.79 Å². The number of hydrogen-bond acceptors (Lipinski definition) is 4. The Morgan fingerprint density at radius 2 is 1.62 bits per heavy atom. The van der Waals surface area contributed by atoms with Crippen molar-refractivity contribution in [1.29, 1.82) is 0 Å². The summed E-state index contributed by atoms with van der Waals surface area (Å²) in [6.07, 6.45) is 9.76. The maximum absolute atomic E-state index is 12.9. The van der Waals surface area contributed by atoms with Crippen molar-refractivity contribution < 1.29 is 9.63 Å². The van der Waals surface area contributed by atoms with Crippen LogP contribution >= 0.6 is 0 Å². The highest BCUT2D eigenvalue weighted by atomic mass is 16.7. The van der Waals surface area contributed by atoms with Crippen molar-refractivity contribution in [3.63, 3.8) is 0 Å². The molecule has 0 unspecified atom stereocenters. The number of carbonyl (C=O) groups is 1. The smallest absolute Gasteiger partial charge is 0.328 e. The highest BCUT2D eigenvalue weighted by Crippen LogP contribution is 2.42. The molecular formula is C22H34N2O2. The van der Waals surface area contributed by atoms with E-state index < -0.39 is 0 Å². The zero-order chi connectivity index (χ0) is 18.4. The minimum absolute atomic E-state index is 0.0324. The molecule has 144 valence electrons. The van der Waals surface area contributed by atoms with Crippen LogP contribution in [0.1, 0.15) is 69.4 Å². The van der Waals surface area contributed by atoms with Gasteiger partial charge in [0.15, 0.2) is 0 Å². The summed E-state index contributed by atoms with van der Waals surface area (Å²) in [4.78, 5) is 18.4. The SMILES string of the molecule is CC1CCC([C@@H](C(=O)ONCc2ccc(CN)cc2)C2CCCC2)CC1. The number of rotatable bonds is 7. The van der Waals surface area contributed by atoms with E-state index in [1.54, 1.807) is 0 Å². The summed E-state index contributed by atoms with van der Waals surface area (Å²) in [5.41, 5.74) is 10.7. The van der Waals surface area contributed by atoms with Gasteiger partial charge < -0.3 is 10.6 Å². The first-order valence-corrected chi connectivity index (χ1v) is 10.4. The molecule has 1 aromatic carbocycles. The van der Waals surface area contributed by atoms with Crippen LogP contribution in [0, 0.1) is 23.7 Å². The summed E-state index contributed by atoms with van der Waals surface area (Å²) in [6, 6.07) is 8.09. The van der Waals surface area contributed by atoms with Crippen LogP contribution in [-0.2, 0) is 22.7 Å². The standard InChI is InChI=1S/C22H34N2O2/c1-16-6-12-20(13-7-16)21(19-4-2-3-5-19)22(25)26-24-15-18-10-8-17(14-23)9-11-18/h8-11,16,19-21,24H,2-7,12-15,23H2,1H3/t16?,20?,21-/m0/s1. The minimum Gasteiger partial charge on any atom is -0.370 e. The second kappa shape index (κ2) is 9.52. The van der Waals surface area contributed by atoms with E-state index in [9.17, 15) is 4.79 Å². The predicted molar refractivity (Wildman–Crippen MR) is 104 cm³/mol. The Kier molecular flexibility index (Phi) is 7.09. The van der Waals surface area contributed by atoms with Gasteiger partial charge in [-0.25, -0.2) is 0 Å². The van der Waals surface area contributed by atoms with Crippen molar-refractivity contribution in [3.8, 4) is 0 Å². The average Bonchev–Trinajstić information content (AvgIpc) is 3.18. The monoisotopic (exact) mass is 358 g/mol. The highest BCUT2D eigenvalue weighted by Gasteiger charge is 2.39. The molecule has 0 saturated heterocycles. The molecule has 4 heteroatoms. The molecule has 0 aromatic heterocycles. The van der Waals surface area contributed by atoms with Crippen LogP contribution in [0.4, 0.5) is 0 Å². The third kappa shape index (κ3) is 5.08. The second-order valence-electron chi connectivity index (χ2n) is 8.35. The first-order chi connectivity index (χ1) is 12.7. The molecule has 26 heavy (non-hydrogen) atoms. The fourth-order valence-corrected chi connectivity index (χ4v) is 4.78. The van der Waals surface area contributed by atoms with Crippen LogP contribution in [0.3, 0.4) is 0 Å². The quantitative estimate of drug-likeness (QED) is 0.712. The molecule has 0 bridgehead atoms. The van der Waals surface area contributed by atoms with E-state index in [4.69, 9.17) is 10.6 Å². The Morgan fingerprint density at radius 1 is 1.04 bits per heavy atom. The zero-order valence-electron chi connectivity index (χ0n) is 16.1. The number of nitrogens with one attached hydrogen (secondary N) is 1. The molecule has 0 spiro atoms. The van der Waals surface area contributed by atoms with E-state index in [0.29, 0.717) is 24.9 Å². The number of nitrogens with two attached hydrogens (primary N) is 1. The predicted octanol–water partition coefficient (Wildman–Crippen LogP) is 4.33. The molecule has 2 aliphatic carbocycles. The van der Waals surface area contributed by atoms with Gasteiger partial charge in [0.2, 0.25) is 0 Å². The van der Waals surface area contributed by atoms with Gasteiger partial charge in [0, 0.05) is 6.54 Å². The van der Waals surface area contributed by atoms with E-state index >= 15 is 0 Å². The lowest BCUT2D eigenvalue weighted by Gasteiger charge is -2.34. The van der Waals surface area contributed by atoms with Crippen molar-refractivity contribution in [3.05, 3.63) is 35.4 Å². The van der Waals surface area contributed by atoms with Crippen LogP contribution in [0.5, 0.6) is 0 Å². The van der Waals surface area contributed by atoms with Gasteiger partial charge in [0.25, 0.3) is 0 Å². The van der Waals surface area contributed by atoms with Crippen molar-refractivity contribution in [2.45, 2.75) is 71.4 Å². The number of benzene rings is 1. The van der Waals surface area contributed by atoms with Crippen LogP contribution in [-0.4, -0.2) is 5.97 Å². The number of hydroxylamine groups is 1. The molecule has 2 fully saturated rings. The second-order valence-corrected chi connectivity index (χ2v) is 8.35. The average molecular weight is 359 g/mol. The van der Waals surface area contributed by atoms with Gasteiger partial charge in [-0.15, -0.1) is 5.48 Å². The van der Waals surface area contributed by atoms with E-state index in [1.165, 1.54) is 51.4 Å². The third-order valence-electron chi connectivity index (χ3n) is 6.46. The van der Waals surface area contributed by atoms with Gasteiger partial charge in [-0.2, -0.15) is 0 Å². The van der Waals surface area contributed by atoms with E-state index in [-0.39, 0.29) is 11.9 Å². The van der Waals surface area contributed by atoms with Crippen LogP contribution < -0.4 is 11.2 Å². The largest absolute Gasteiger partial charge is 0.370 e. The van der Waals surface area contributed by atoms with Gasteiger partial charge in [-0.1, -0.05) is 56.9 Å². The van der Waals surface area contributed by atoms with Crippen molar-refractivity contribution in [2.24, 2.45) is 29.4 Å². The summed E-state index contributed by atoms with van der Waals surface area (Å²) >= 11 is 0. The van der Waals surface area contributed by atoms with Gasteiger partial charge >= 0.3 is 5.97 Å². The van der Waals surface area contributed by atoms with E-state index in [2.05, 4.69) is 12.4 Å². The number of carbonyl (C=O) groups excluding carboxylic acids is 1. The van der Waals surface area contributed by atoms with Gasteiger partial charge in [0.05, 0.1) is 12.5 Å². The molecule has 4 nitrogen and oxygen atoms in total. The third-order valence-corrected chi connectivity index (χ3v) is 6.46.